The van der Waals surface area contributed by atoms with Crippen molar-refractivity contribution in [3.05, 3.63) is 65.4 Å². The van der Waals surface area contributed by atoms with E-state index < -0.39 is 11.6 Å². The minimum absolute atomic E-state index is 0.00851. The number of cyclic esters (lactones) is 1. The molecule has 1 aliphatic heterocycles. The van der Waals surface area contributed by atoms with Crippen LogP contribution >= 0.6 is 0 Å². The van der Waals surface area contributed by atoms with Gasteiger partial charge in [0, 0.05) is 0 Å². The lowest BCUT2D eigenvalue weighted by atomic mass is 9.93. The number of carbonyl (C=O) groups excluding carboxylic acids is 1. The highest BCUT2D eigenvalue weighted by Gasteiger charge is 2.41. The van der Waals surface area contributed by atoms with Gasteiger partial charge in [-0.3, -0.25) is 0 Å². The van der Waals surface area contributed by atoms with Crippen molar-refractivity contribution >= 4 is 11.5 Å². The second-order valence-corrected chi connectivity index (χ2v) is 6.02. The molecule has 2 aromatic carbocycles. The van der Waals surface area contributed by atoms with Crippen molar-refractivity contribution in [3.63, 3.8) is 0 Å². The van der Waals surface area contributed by atoms with Crippen LogP contribution < -0.4 is 0 Å². The molecule has 112 valence electrons. The van der Waals surface area contributed by atoms with Gasteiger partial charge in [0.05, 0.1) is 0 Å². The summed E-state index contributed by atoms with van der Waals surface area (Å²) in [6, 6.07) is 15.8. The second-order valence-electron chi connectivity index (χ2n) is 6.02. The fourth-order valence-corrected chi connectivity index (χ4v) is 2.67. The van der Waals surface area contributed by atoms with Gasteiger partial charge in [-0.25, -0.2) is 4.79 Å². The van der Waals surface area contributed by atoms with Crippen LogP contribution in [0, 0.1) is 6.92 Å². The number of benzene rings is 2. The van der Waals surface area contributed by atoms with E-state index in [0.717, 1.165) is 22.3 Å². The highest BCUT2D eigenvalue weighted by molar-refractivity contribution is 6.20. The summed E-state index contributed by atoms with van der Waals surface area (Å²) < 4.78 is 5.27. The zero-order chi connectivity index (χ0) is 15.9. The summed E-state index contributed by atoms with van der Waals surface area (Å²) in [6.45, 7) is 5.29. The standard InChI is InChI=1S/C19H18O3/c1-12-9-10-14(13-7-5-4-6-8-13)11-15(12)16-17(20)19(2,3)22-18(16)21/h4-11,20H,1-3H3. The molecule has 0 amide bonds. The Morgan fingerprint density at radius 3 is 2.27 bits per heavy atom. The number of aliphatic hydroxyl groups excluding tert-OH is 1. The van der Waals surface area contributed by atoms with Gasteiger partial charge < -0.3 is 9.84 Å². The van der Waals surface area contributed by atoms with Crippen LogP contribution in [0.3, 0.4) is 0 Å². The van der Waals surface area contributed by atoms with Crippen LogP contribution in [0.1, 0.15) is 25.0 Å². The third-order valence-electron chi connectivity index (χ3n) is 3.97. The van der Waals surface area contributed by atoms with Crippen LogP contribution in [0.4, 0.5) is 0 Å². The van der Waals surface area contributed by atoms with E-state index in [1.807, 2.05) is 55.5 Å². The Kier molecular flexibility index (Phi) is 3.28. The van der Waals surface area contributed by atoms with Gasteiger partial charge in [0.15, 0.2) is 11.4 Å². The summed E-state index contributed by atoms with van der Waals surface area (Å²) in [6.07, 6.45) is 0. The van der Waals surface area contributed by atoms with Gasteiger partial charge in [0.1, 0.15) is 5.57 Å². The quantitative estimate of drug-likeness (QED) is 0.841. The van der Waals surface area contributed by atoms with Crippen molar-refractivity contribution in [1.82, 2.24) is 0 Å². The first-order valence-electron chi connectivity index (χ1n) is 7.23. The molecular formula is C19H18O3. The summed E-state index contributed by atoms with van der Waals surface area (Å²) >= 11 is 0. The molecule has 0 radical (unpaired) electrons. The maximum Gasteiger partial charge on any atom is 0.343 e. The number of aliphatic hydroxyl groups is 1. The smallest absolute Gasteiger partial charge is 0.343 e. The van der Waals surface area contributed by atoms with Gasteiger partial charge in [0.2, 0.25) is 0 Å². The molecule has 0 fully saturated rings. The molecule has 1 heterocycles. The summed E-state index contributed by atoms with van der Waals surface area (Å²) in [5, 5.41) is 10.4. The molecule has 0 aromatic heterocycles. The Morgan fingerprint density at radius 2 is 1.68 bits per heavy atom. The van der Waals surface area contributed by atoms with E-state index in [9.17, 15) is 9.90 Å². The molecule has 0 aliphatic carbocycles. The maximum atomic E-state index is 12.2. The maximum absolute atomic E-state index is 12.2. The zero-order valence-electron chi connectivity index (χ0n) is 12.9. The molecule has 2 aromatic rings. The van der Waals surface area contributed by atoms with Gasteiger partial charge in [-0.1, -0.05) is 42.5 Å². The Labute approximate surface area is 129 Å². The first-order valence-corrected chi connectivity index (χ1v) is 7.23. The van der Waals surface area contributed by atoms with Crippen molar-refractivity contribution in [3.8, 4) is 11.1 Å². The summed E-state index contributed by atoms with van der Waals surface area (Å²) in [7, 11) is 0. The summed E-state index contributed by atoms with van der Waals surface area (Å²) in [5.41, 5.74) is 3.00. The fraction of sp³-hybridized carbons (Fsp3) is 0.211. The number of ether oxygens (including phenoxy) is 1. The van der Waals surface area contributed by atoms with Crippen LogP contribution in [0.25, 0.3) is 16.7 Å². The van der Waals surface area contributed by atoms with Crippen molar-refractivity contribution in [2.75, 3.05) is 0 Å². The van der Waals surface area contributed by atoms with Crippen LogP contribution in [-0.2, 0) is 9.53 Å². The lowest BCUT2D eigenvalue weighted by molar-refractivity contribution is -0.143. The molecule has 1 N–H and O–H groups in total. The SMILES string of the molecule is Cc1ccc(-c2ccccc2)cc1C1=C(O)C(C)(C)OC1=O. The molecule has 1 aliphatic rings. The number of aryl methyl sites for hydroxylation is 1. The van der Waals surface area contributed by atoms with Crippen LogP contribution in [-0.4, -0.2) is 16.7 Å². The zero-order valence-corrected chi connectivity index (χ0v) is 12.9. The van der Waals surface area contributed by atoms with Gasteiger partial charge in [0.25, 0.3) is 0 Å². The normalized spacial score (nSPS) is 16.8. The monoisotopic (exact) mass is 294 g/mol. The summed E-state index contributed by atoms with van der Waals surface area (Å²) in [4.78, 5) is 12.2. The predicted octanol–water partition coefficient (Wildman–Crippen LogP) is 4.27. The molecule has 0 bridgehead atoms. The minimum Gasteiger partial charge on any atom is -0.507 e. The lowest BCUT2D eigenvalue weighted by Gasteiger charge is -2.16. The van der Waals surface area contributed by atoms with E-state index in [-0.39, 0.29) is 11.3 Å². The molecule has 0 saturated heterocycles. The Morgan fingerprint density at radius 1 is 1.00 bits per heavy atom. The molecule has 3 heteroatoms. The summed E-state index contributed by atoms with van der Waals surface area (Å²) in [5.74, 6) is -0.485. The van der Waals surface area contributed by atoms with E-state index in [0.29, 0.717) is 0 Å². The number of hydrogen-bond donors (Lipinski definition) is 1. The van der Waals surface area contributed by atoms with E-state index in [4.69, 9.17) is 4.74 Å². The Balaban J connectivity index is 2.16. The highest BCUT2D eigenvalue weighted by Crippen LogP contribution is 2.38. The predicted molar refractivity (Wildman–Crippen MR) is 86.3 cm³/mol. The lowest BCUT2D eigenvalue weighted by Crippen LogP contribution is -2.22. The third-order valence-corrected chi connectivity index (χ3v) is 3.97. The average molecular weight is 294 g/mol. The van der Waals surface area contributed by atoms with E-state index in [1.54, 1.807) is 13.8 Å². The van der Waals surface area contributed by atoms with Crippen molar-refractivity contribution in [1.29, 1.82) is 0 Å². The molecular weight excluding hydrogens is 276 g/mol. The largest absolute Gasteiger partial charge is 0.507 e. The molecule has 0 atom stereocenters. The molecule has 3 nitrogen and oxygen atoms in total. The molecule has 22 heavy (non-hydrogen) atoms. The van der Waals surface area contributed by atoms with Gasteiger partial charge >= 0.3 is 5.97 Å². The third kappa shape index (κ3) is 2.29. The number of hydrogen-bond acceptors (Lipinski definition) is 3. The van der Waals surface area contributed by atoms with Crippen molar-refractivity contribution < 1.29 is 14.6 Å². The Bertz CT molecular complexity index is 771. The van der Waals surface area contributed by atoms with Crippen LogP contribution in [0.15, 0.2) is 54.3 Å². The van der Waals surface area contributed by atoms with Gasteiger partial charge in [-0.2, -0.15) is 0 Å². The molecule has 3 rings (SSSR count). The van der Waals surface area contributed by atoms with Crippen molar-refractivity contribution in [2.45, 2.75) is 26.4 Å². The van der Waals surface area contributed by atoms with E-state index in [1.165, 1.54) is 0 Å². The van der Waals surface area contributed by atoms with Gasteiger partial charge in [-0.15, -0.1) is 0 Å². The molecule has 0 unspecified atom stereocenters. The van der Waals surface area contributed by atoms with Crippen molar-refractivity contribution in [2.24, 2.45) is 0 Å². The number of esters is 1. The first kappa shape index (κ1) is 14.4. The fourth-order valence-electron chi connectivity index (χ4n) is 2.67. The van der Waals surface area contributed by atoms with Crippen LogP contribution in [0.5, 0.6) is 0 Å². The van der Waals surface area contributed by atoms with Gasteiger partial charge in [-0.05, 0) is 49.1 Å². The molecule has 0 saturated carbocycles. The average Bonchev–Trinajstić information content (AvgIpc) is 2.69. The highest BCUT2D eigenvalue weighted by atomic mass is 16.6. The minimum atomic E-state index is -0.971. The molecule has 0 spiro atoms. The Hall–Kier alpha value is -2.55. The first-order chi connectivity index (χ1) is 10.4. The van der Waals surface area contributed by atoms with Crippen LogP contribution in [0.2, 0.25) is 0 Å². The van der Waals surface area contributed by atoms with E-state index in [2.05, 4.69) is 0 Å². The second kappa shape index (κ2) is 5.02. The topological polar surface area (TPSA) is 46.5 Å². The van der Waals surface area contributed by atoms with E-state index >= 15 is 0 Å². The number of rotatable bonds is 2. The number of carbonyl (C=O) groups is 1.